The molecule has 1 aliphatic carbocycles. The predicted molar refractivity (Wildman–Crippen MR) is 82.9 cm³/mol. The number of hydrogen-bond acceptors (Lipinski definition) is 3. The van der Waals surface area contributed by atoms with Crippen LogP contribution < -0.4 is 16.0 Å². The van der Waals surface area contributed by atoms with Crippen LogP contribution in [0.25, 0.3) is 0 Å². The van der Waals surface area contributed by atoms with Gasteiger partial charge in [0.15, 0.2) is 0 Å². The molecule has 4 nitrogen and oxygen atoms in total. The zero-order valence-corrected chi connectivity index (χ0v) is 12.3. The van der Waals surface area contributed by atoms with Gasteiger partial charge in [-0.05, 0) is 37.0 Å². The topological polar surface area (TPSA) is 59.6 Å². The fourth-order valence-corrected chi connectivity index (χ4v) is 2.66. The van der Waals surface area contributed by atoms with Gasteiger partial charge in [-0.3, -0.25) is 4.99 Å². The highest BCUT2D eigenvalue weighted by molar-refractivity contribution is 5.82. The molecule has 0 bridgehead atoms. The lowest BCUT2D eigenvalue weighted by Gasteiger charge is -2.19. The van der Waals surface area contributed by atoms with Gasteiger partial charge in [-0.2, -0.15) is 0 Å². The Kier molecular flexibility index (Phi) is 5.87. The van der Waals surface area contributed by atoms with E-state index in [0.29, 0.717) is 6.04 Å². The molecule has 1 fully saturated rings. The van der Waals surface area contributed by atoms with Crippen molar-refractivity contribution in [1.82, 2.24) is 5.43 Å². The molecule has 0 radical (unpaired) electrons. The molecule has 0 spiro atoms. The van der Waals surface area contributed by atoms with Gasteiger partial charge in [0.1, 0.15) is 11.6 Å². The van der Waals surface area contributed by atoms with Gasteiger partial charge in [0, 0.05) is 6.42 Å². The first kappa shape index (κ1) is 14.9. The Hall–Kier alpha value is -1.55. The van der Waals surface area contributed by atoms with Crippen molar-refractivity contribution in [2.24, 2.45) is 10.8 Å². The summed E-state index contributed by atoms with van der Waals surface area (Å²) in [6, 6.07) is 8.62. The zero-order valence-electron chi connectivity index (χ0n) is 12.3. The summed E-state index contributed by atoms with van der Waals surface area (Å²) < 4.78 is 5.16. The molecule has 20 heavy (non-hydrogen) atoms. The number of hydrogen-bond donors (Lipinski definition) is 2. The van der Waals surface area contributed by atoms with Gasteiger partial charge in [0.2, 0.25) is 0 Å². The van der Waals surface area contributed by atoms with Crippen LogP contribution in [-0.2, 0) is 6.42 Å². The third kappa shape index (κ3) is 4.53. The third-order valence-electron chi connectivity index (χ3n) is 3.89. The first-order valence-electron chi connectivity index (χ1n) is 7.48. The zero-order chi connectivity index (χ0) is 14.2. The highest BCUT2D eigenvalue weighted by Gasteiger charge is 2.12. The van der Waals surface area contributed by atoms with Crippen LogP contribution >= 0.6 is 0 Å². The molecule has 0 aliphatic heterocycles. The largest absolute Gasteiger partial charge is 0.497 e. The van der Waals surface area contributed by atoms with Crippen molar-refractivity contribution in [1.29, 1.82) is 0 Å². The van der Waals surface area contributed by atoms with Crippen molar-refractivity contribution < 1.29 is 4.74 Å². The number of methoxy groups -OCH3 is 1. The summed E-state index contributed by atoms with van der Waals surface area (Å²) in [4.78, 5) is 4.76. The lowest BCUT2D eigenvalue weighted by atomic mass is 9.96. The molecule has 0 atom stereocenters. The lowest BCUT2D eigenvalue weighted by molar-refractivity contribution is 0.414. The molecule has 1 aromatic rings. The third-order valence-corrected chi connectivity index (χ3v) is 3.89. The molecule has 2 rings (SSSR count). The van der Waals surface area contributed by atoms with Gasteiger partial charge in [-0.15, -0.1) is 0 Å². The first-order valence-corrected chi connectivity index (χ1v) is 7.48. The van der Waals surface area contributed by atoms with Crippen LogP contribution in [0.15, 0.2) is 29.3 Å². The Balaban J connectivity index is 1.87. The summed E-state index contributed by atoms with van der Waals surface area (Å²) in [5, 5.41) is 0. The van der Waals surface area contributed by atoms with Gasteiger partial charge in [0.25, 0.3) is 0 Å². The maximum Gasteiger partial charge on any atom is 0.118 e. The fourth-order valence-electron chi connectivity index (χ4n) is 2.66. The number of nitrogens with zero attached hydrogens (tertiary/aromatic N) is 1. The van der Waals surface area contributed by atoms with E-state index in [1.807, 2.05) is 12.1 Å². The average Bonchev–Trinajstić information content (AvgIpc) is 2.53. The van der Waals surface area contributed by atoms with E-state index in [1.54, 1.807) is 7.11 Å². The van der Waals surface area contributed by atoms with Crippen molar-refractivity contribution in [3.8, 4) is 5.75 Å². The van der Waals surface area contributed by atoms with E-state index in [4.69, 9.17) is 15.6 Å². The van der Waals surface area contributed by atoms with Crippen LogP contribution in [0.3, 0.4) is 0 Å². The van der Waals surface area contributed by atoms with Crippen LogP contribution in [-0.4, -0.2) is 19.0 Å². The number of benzene rings is 1. The monoisotopic (exact) mass is 275 g/mol. The number of amidine groups is 1. The number of rotatable bonds is 5. The molecule has 0 heterocycles. The number of ether oxygens (including phenoxy) is 1. The van der Waals surface area contributed by atoms with Crippen LogP contribution in [0.1, 0.15) is 44.1 Å². The quantitative estimate of drug-likeness (QED) is 0.376. The van der Waals surface area contributed by atoms with Crippen molar-refractivity contribution in [2.45, 2.75) is 51.0 Å². The Bertz CT molecular complexity index is 422. The van der Waals surface area contributed by atoms with Crippen LogP contribution in [0.5, 0.6) is 5.75 Å². The Morgan fingerprint density at radius 2 is 1.95 bits per heavy atom. The van der Waals surface area contributed by atoms with E-state index in [2.05, 4.69) is 17.6 Å². The Morgan fingerprint density at radius 3 is 2.55 bits per heavy atom. The van der Waals surface area contributed by atoms with Gasteiger partial charge in [-0.25, -0.2) is 5.84 Å². The van der Waals surface area contributed by atoms with Crippen LogP contribution in [0.2, 0.25) is 0 Å². The van der Waals surface area contributed by atoms with Crippen LogP contribution in [0, 0.1) is 0 Å². The molecule has 3 N–H and O–H groups in total. The molecule has 0 unspecified atom stereocenters. The minimum Gasteiger partial charge on any atom is -0.497 e. The molecular weight excluding hydrogens is 250 g/mol. The number of nitrogens with two attached hydrogens (primary N) is 1. The van der Waals surface area contributed by atoms with E-state index in [0.717, 1.165) is 24.4 Å². The Morgan fingerprint density at radius 1 is 1.25 bits per heavy atom. The highest BCUT2D eigenvalue weighted by atomic mass is 16.5. The highest BCUT2D eigenvalue weighted by Crippen LogP contribution is 2.20. The second-order valence-electron chi connectivity index (χ2n) is 5.36. The van der Waals surface area contributed by atoms with E-state index >= 15 is 0 Å². The van der Waals surface area contributed by atoms with E-state index in [1.165, 1.54) is 37.7 Å². The lowest BCUT2D eigenvalue weighted by Crippen LogP contribution is -2.32. The van der Waals surface area contributed by atoms with E-state index in [9.17, 15) is 0 Å². The summed E-state index contributed by atoms with van der Waals surface area (Å²) in [6.45, 7) is 0. The van der Waals surface area contributed by atoms with E-state index < -0.39 is 0 Å². The molecule has 0 aromatic heterocycles. The molecule has 0 saturated heterocycles. The van der Waals surface area contributed by atoms with Gasteiger partial charge >= 0.3 is 0 Å². The predicted octanol–water partition coefficient (Wildman–Crippen LogP) is 2.82. The molecule has 4 heteroatoms. The average molecular weight is 275 g/mol. The van der Waals surface area contributed by atoms with Gasteiger partial charge in [-0.1, -0.05) is 31.4 Å². The molecule has 1 aromatic carbocycles. The summed E-state index contributed by atoms with van der Waals surface area (Å²) >= 11 is 0. The standard InChI is InChI=1S/C16H25N3O/c1-20-15-10-7-13(8-11-15)9-12-16(19-17)18-14-5-3-2-4-6-14/h7-8,10-11,14H,2-6,9,12,17H2,1H3,(H,18,19). The maximum atomic E-state index is 5.60. The Labute approximate surface area is 121 Å². The van der Waals surface area contributed by atoms with Gasteiger partial charge in [0.05, 0.1) is 13.2 Å². The minimum absolute atomic E-state index is 0.464. The molecular formula is C16H25N3O. The number of aliphatic imine (C=N–C) groups is 1. The smallest absolute Gasteiger partial charge is 0.118 e. The fraction of sp³-hybridized carbons (Fsp3) is 0.562. The second kappa shape index (κ2) is 7.90. The number of aryl methyl sites for hydroxylation is 1. The summed E-state index contributed by atoms with van der Waals surface area (Å²) in [6.07, 6.45) is 8.15. The maximum absolute atomic E-state index is 5.60. The molecule has 1 aliphatic rings. The number of nitrogens with one attached hydrogen (secondary N) is 1. The normalized spacial score (nSPS) is 17.0. The van der Waals surface area contributed by atoms with Crippen molar-refractivity contribution >= 4 is 5.84 Å². The molecule has 1 saturated carbocycles. The first-order chi connectivity index (χ1) is 9.81. The summed E-state index contributed by atoms with van der Waals surface area (Å²) in [7, 11) is 1.68. The van der Waals surface area contributed by atoms with Crippen molar-refractivity contribution in [3.05, 3.63) is 29.8 Å². The second-order valence-corrected chi connectivity index (χ2v) is 5.36. The van der Waals surface area contributed by atoms with Crippen molar-refractivity contribution in [3.63, 3.8) is 0 Å². The number of hydrazine groups is 1. The molecule has 0 amide bonds. The van der Waals surface area contributed by atoms with Gasteiger partial charge < -0.3 is 10.2 Å². The minimum atomic E-state index is 0.464. The van der Waals surface area contributed by atoms with Crippen molar-refractivity contribution in [2.75, 3.05) is 7.11 Å². The SMILES string of the molecule is COc1ccc(CCC(=NC2CCCCC2)NN)cc1. The summed E-state index contributed by atoms with van der Waals surface area (Å²) in [5.41, 5.74) is 4.04. The summed E-state index contributed by atoms with van der Waals surface area (Å²) in [5.74, 6) is 7.41. The van der Waals surface area contributed by atoms with Crippen LogP contribution in [0.4, 0.5) is 0 Å². The van der Waals surface area contributed by atoms with E-state index in [-0.39, 0.29) is 0 Å². The molecule has 110 valence electrons.